The second kappa shape index (κ2) is 10.6. The largest absolute Gasteiger partial charge is 0.477 e. The Hall–Kier alpha value is -2.98. The van der Waals surface area contributed by atoms with Gasteiger partial charge in [0.05, 0.1) is 11.5 Å². The van der Waals surface area contributed by atoms with Crippen molar-refractivity contribution in [3.8, 4) is 5.88 Å². The van der Waals surface area contributed by atoms with Gasteiger partial charge in [-0.05, 0) is 30.7 Å². The molecule has 1 aliphatic heterocycles. The quantitative estimate of drug-likeness (QED) is 0.642. The Morgan fingerprint density at radius 3 is 2.56 bits per heavy atom. The Morgan fingerprint density at radius 1 is 1.12 bits per heavy atom. The van der Waals surface area contributed by atoms with Gasteiger partial charge in [-0.1, -0.05) is 19.1 Å². The molecule has 2 amide bonds. The summed E-state index contributed by atoms with van der Waals surface area (Å²) in [5.74, 6) is 0.00186. The summed E-state index contributed by atoms with van der Waals surface area (Å²) in [6.45, 7) is 5.34. The van der Waals surface area contributed by atoms with Crippen molar-refractivity contribution in [1.82, 2.24) is 19.5 Å². The lowest BCUT2D eigenvalue weighted by Crippen LogP contribution is -2.49. The van der Waals surface area contributed by atoms with Crippen molar-refractivity contribution in [3.63, 3.8) is 0 Å². The van der Waals surface area contributed by atoms with E-state index in [-0.39, 0.29) is 36.0 Å². The van der Waals surface area contributed by atoms with Crippen LogP contribution in [-0.2, 0) is 21.4 Å². The number of nitrogens with zero attached hydrogens (tertiary/aromatic N) is 3. The number of nitrogens with one attached hydrogen (secondary N) is 1. The standard InChI is InChI=1S/C22H28N4O5S/c1-3-14-31-22-19(7-5-9-23-22)16-24-21(28)18-6-4-8-20(15-18)32(29,30)26-12-10-25(11-13-26)17(2)27/h4-9,15H,3,10-14,16H2,1-2H3,(H,24,28). The van der Waals surface area contributed by atoms with Crippen LogP contribution in [0.15, 0.2) is 47.5 Å². The van der Waals surface area contributed by atoms with E-state index in [4.69, 9.17) is 4.74 Å². The Bertz CT molecular complexity index is 1070. The van der Waals surface area contributed by atoms with Crippen LogP contribution in [0.25, 0.3) is 0 Å². The van der Waals surface area contributed by atoms with Crippen LogP contribution in [0.4, 0.5) is 0 Å². The van der Waals surface area contributed by atoms with Gasteiger partial charge < -0.3 is 15.0 Å². The minimum atomic E-state index is -3.77. The first-order chi connectivity index (χ1) is 15.3. The molecule has 1 saturated heterocycles. The molecular formula is C22H28N4O5S. The average molecular weight is 461 g/mol. The van der Waals surface area contributed by atoms with Crippen LogP contribution in [0.3, 0.4) is 0 Å². The van der Waals surface area contributed by atoms with Crippen molar-refractivity contribution in [2.75, 3.05) is 32.8 Å². The number of carbonyl (C=O) groups is 2. The minimum absolute atomic E-state index is 0.0507. The van der Waals surface area contributed by atoms with Crippen molar-refractivity contribution < 1.29 is 22.7 Å². The van der Waals surface area contributed by atoms with Crippen LogP contribution in [0, 0.1) is 0 Å². The van der Waals surface area contributed by atoms with E-state index < -0.39 is 15.9 Å². The highest BCUT2D eigenvalue weighted by molar-refractivity contribution is 7.89. The summed E-state index contributed by atoms with van der Waals surface area (Å²) in [6.07, 6.45) is 2.47. The van der Waals surface area contributed by atoms with Gasteiger partial charge in [-0.2, -0.15) is 4.31 Å². The topological polar surface area (TPSA) is 109 Å². The lowest BCUT2D eigenvalue weighted by molar-refractivity contribution is -0.129. The number of hydrogen-bond acceptors (Lipinski definition) is 6. The molecule has 0 saturated carbocycles. The molecule has 0 bridgehead atoms. The summed E-state index contributed by atoms with van der Waals surface area (Å²) in [5, 5.41) is 2.80. The molecule has 0 unspecified atom stereocenters. The number of ether oxygens (including phenoxy) is 1. The summed E-state index contributed by atoms with van der Waals surface area (Å²) >= 11 is 0. The molecule has 1 aromatic heterocycles. The predicted octanol–water partition coefficient (Wildman–Crippen LogP) is 1.65. The molecule has 0 spiro atoms. The van der Waals surface area contributed by atoms with Gasteiger partial charge in [0.1, 0.15) is 0 Å². The molecule has 3 rings (SSSR count). The van der Waals surface area contributed by atoms with E-state index in [0.29, 0.717) is 25.6 Å². The summed E-state index contributed by atoms with van der Waals surface area (Å²) in [6, 6.07) is 9.55. The molecule has 9 nitrogen and oxygen atoms in total. The van der Waals surface area contributed by atoms with E-state index in [2.05, 4.69) is 10.3 Å². The molecule has 32 heavy (non-hydrogen) atoms. The Kier molecular flexibility index (Phi) is 7.81. The fraction of sp³-hybridized carbons (Fsp3) is 0.409. The fourth-order valence-corrected chi connectivity index (χ4v) is 4.82. The maximum atomic E-state index is 13.0. The van der Waals surface area contributed by atoms with Gasteiger partial charge in [0.15, 0.2) is 0 Å². The van der Waals surface area contributed by atoms with Gasteiger partial charge in [-0.3, -0.25) is 9.59 Å². The molecule has 1 aliphatic rings. The van der Waals surface area contributed by atoms with Crippen molar-refractivity contribution in [2.45, 2.75) is 31.7 Å². The molecule has 2 aromatic rings. The zero-order valence-corrected chi connectivity index (χ0v) is 19.1. The van der Waals surface area contributed by atoms with E-state index in [9.17, 15) is 18.0 Å². The first kappa shape index (κ1) is 23.7. The van der Waals surface area contributed by atoms with Crippen molar-refractivity contribution in [2.24, 2.45) is 0 Å². The normalized spacial score (nSPS) is 14.8. The minimum Gasteiger partial charge on any atom is -0.477 e. The van der Waals surface area contributed by atoms with Crippen LogP contribution in [0.1, 0.15) is 36.2 Å². The molecule has 1 fully saturated rings. The number of benzene rings is 1. The van der Waals surface area contributed by atoms with Crippen LogP contribution in [0.2, 0.25) is 0 Å². The number of pyridine rings is 1. The molecule has 1 N–H and O–H groups in total. The Morgan fingerprint density at radius 2 is 1.88 bits per heavy atom. The Balaban J connectivity index is 1.68. The third-order valence-electron chi connectivity index (χ3n) is 5.15. The number of piperazine rings is 1. The maximum absolute atomic E-state index is 13.0. The van der Waals surface area contributed by atoms with E-state index in [0.717, 1.165) is 12.0 Å². The van der Waals surface area contributed by atoms with Gasteiger partial charge in [-0.25, -0.2) is 13.4 Å². The molecule has 0 radical (unpaired) electrons. The molecule has 172 valence electrons. The number of hydrogen-bond donors (Lipinski definition) is 1. The van der Waals surface area contributed by atoms with E-state index in [1.54, 1.807) is 29.3 Å². The van der Waals surface area contributed by atoms with E-state index >= 15 is 0 Å². The van der Waals surface area contributed by atoms with Crippen molar-refractivity contribution >= 4 is 21.8 Å². The predicted molar refractivity (Wildman–Crippen MR) is 119 cm³/mol. The second-order valence-corrected chi connectivity index (χ2v) is 9.37. The lowest BCUT2D eigenvalue weighted by Gasteiger charge is -2.33. The number of carbonyl (C=O) groups excluding carboxylic acids is 2. The van der Waals surface area contributed by atoms with Crippen LogP contribution in [-0.4, -0.2) is 67.2 Å². The van der Waals surface area contributed by atoms with Crippen molar-refractivity contribution in [1.29, 1.82) is 0 Å². The van der Waals surface area contributed by atoms with Crippen LogP contribution < -0.4 is 10.1 Å². The zero-order chi connectivity index (χ0) is 23.1. The third kappa shape index (κ3) is 5.63. The highest BCUT2D eigenvalue weighted by Crippen LogP contribution is 2.20. The van der Waals surface area contributed by atoms with Crippen LogP contribution >= 0.6 is 0 Å². The summed E-state index contributed by atoms with van der Waals surface area (Å²) in [7, 11) is -3.77. The first-order valence-corrected chi connectivity index (χ1v) is 12.0. The molecule has 10 heteroatoms. The molecule has 2 heterocycles. The summed E-state index contributed by atoms with van der Waals surface area (Å²) in [5.41, 5.74) is 0.981. The molecule has 0 aliphatic carbocycles. The Labute approximate surface area is 188 Å². The van der Waals surface area contributed by atoms with Crippen LogP contribution in [0.5, 0.6) is 5.88 Å². The number of sulfonamides is 1. The number of rotatable bonds is 8. The molecule has 1 aromatic carbocycles. The number of amides is 2. The van der Waals surface area contributed by atoms with E-state index in [1.165, 1.54) is 23.4 Å². The van der Waals surface area contributed by atoms with Crippen molar-refractivity contribution in [3.05, 3.63) is 53.7 Å². The molecular weight excluding hydrogens is 432 g/mol. The average Bonchev–Trinajstić information content (AvgIpc) is 2.81. The summed E-state index contributed by atoms with van der Waals surface area (Å²) in [4.78, 5) is 30.0. The van der Waals surface area contributed by atoms with Gasteiger partial charge in [0.25, 0.3) is 5.91 Å². The monoisotopic (exact) mass is 460 g/mol. The zero-order valence-electron chi connectivity index (χ0n) is 18.3. The maximum Gasteiger partial charge on any atom is 0.251 e. The van der Waals surface area contributed by atoms with Gasteiger partial charge in [-0.15, -0.1) is 0 Å². The molecule has 0 atom stereocenters. The highest BCUT2D eigenvalue weighted by atomic mass is 32.2. The lowest BCUT2D eigenvalue weighted by atomic mass is 10.2. The highest BCUT2D eigenvalue weighted by Gasteiger charge is 2.29. The fourth-order valence-electron chi connectivity index (χ4n) is 3.36. The summed E-state index contributed by atoms with van der Waals surface area (Å²) < 4.78 is 33.0. The SMILES string of the molecule is CCCOc1ncccc1CNC(=O)c1cccc(S(=O)(=O)N2CCN(C(C)=O)CC2)c1. The smallest absolute Gasteiger partial charge is 0.251 e. The van der Waals surface area contributed by atoms with Gasteiger partial charge in [0, 0.05) is 57.0 Å². The van der Waals surface area contributed by atoms with Gasteiger partial charge >= 0.3 is 0 Å². The first-order valence-electron chi connectivity index (χ1n) is 10.5. The van der Waals surface area contributed by atoms with E-state index in [1.807, 2.05) is 13.0 Å². The number of aromatic nitrogens is 1. The van der Waals surface area contributed by atoms with Gasteiger partial charge in [0.2, 0.25) is 21.8 Å². The third-order valence-corrected chi connectivity index (χ3v) is 7.04. The second-order valence-electron chi connectivity index (χ2n) is 7.44.